The van der Waals surface area contributed by atoms with Crippen LogP contribution in [0.25, 0.3) is 0 Å². The van der Waals surface area contributed by atoms with Gasteiger partial charge in [0.25, 0.3) is 0 Å². The second kappa shape index (κ2) is 9.67. The summed E-state index contributed by atoms with van der Waals surface area (Å²) in [6.45, 7) is 1.89. The zero-order valence-corrected chi connectivity index (χ0v) is 17.6. The predicted octanol–water partition coefficient (Wildman–Crippen LogP) is 4.20. The minimum atomic E-state index is -0.351. The Balaban J connectivity index is 1.81. The summed E-state index contributed by atoms with van der Waals surface area (Å²) in [6, 6.07) is 11.8. The number of aliphatic hydroxyl groups is 1. The molecule has 6 nitrogen and oxygen atoms in total. The van der Waals surface area contributed by atoms with Gasteiger partial charge in [0, 0.05) is 26.7 Å². The van der Waals surface area contributed by atoms with Crippen molar-refractivity contribution in [1.82, 2.24) is 9.80 Å². The van der Waals surface area contributed by atoms with E-state index in [1.807, 2.05) is 6.07 Å². The van der Waals surface area contributed by atoms with Gasteiger partial charge in [0.1, 0.15) is 5.69 Å². The average Bonchev–Trinajstić information content (AvgIpc) is 3.13. The van der Waals surface area contributed by atoms with Gasteiger partial charge in [-0.25, -0.2) is 0 Å². The molecule has 0 saturated carbocycles. The third-order valence-electron chi connectivity index (χ3n) is 5.24. The molecule has 2 unspecified atom stereocenters. The Labute approximate surface area is 180 Å². The minimum absolute atomic E-state index is 0.0856. The average molecular weight is 436 g/mol. The second-order valence-electron chi connectivity index (χ2n) is 7.33. The molecule has 1 amide bonds. The third-order valence-corrected chi connectivity index (χ3v) is 5.98. The Kier molecular flexibility index (Phi) is 7.24. The lowest BCUT2D eigenvalue weighted by Crippen LogP contribution is -2.39. The highest BCUT2D eigenvalue weighted by Gasteiger charge is 2.28. The molecule has 1 aliphatic heterocycles. The summed E-state index contributed by atoms with van der Waals surface area (Å²) in [6.07, 6.45) is 0.540. The van der Waals surface area contributed by atoms with Crippen LogP contribution in [-0.2, 0) is 11.2 Å². The van der Waals surface area contributed by atoms with Gasteiger partial charge in [-0.1, -0.05) is 41.4 Å². The molecule has 0 radical (unpaired) electrons. The van der Waals surface area contributed by atoms with Crippen LogP contribution >= 0.6 is 23.2 Å². The van der Waals surface area contributed by atoms with Gasteiger partial charge in [-0.3, -0.25) is 9.69 Å². The second-order valence-corrected chi connectivity index (χ2v) is 8.15. The number of rotatable bonds is 7. The van der Waals surface area contributed by atoms with Crippen LogP contribution in [0.3, 0.4) is 0 Å². The summed E-state index contributed by atoms with van der Waals surface area (Å²) in [5, 5.41) is 13.7. The highest BCUT2D eigenvalue weighted by molar-refractivity contribution is 6.42. The summed E-state index contributed by atoms with van der Waals surface area (Å²) in [5.74, 6) is -0.0856. The van der Waals surface area contributed by atoms with Crippen molar-refractivity contribution in [3.05, 3.63) is 68.5 Å². The zero-order chi connectivity index (χ0) is 21.0. The maximum Gasteiger partial charge on any atom is 0.227 e. The van der Waals surface area contributed by atoms with Crippen LogP contribution < -0.4 is 0 Å². The molecule has 0 spiro atoms. The maximum atomic E-state index is 13.0. The van der Waals surface area contributed by atoms with Gasteiger partial charge < -0.3 is 10.0 Å². The first kappa shape index (κ1) is 21.7. The molecule has 2 aromatic rings. The zero-order valence-electron chi connectivity index (χ0n) is 16.1. The number of carbonyl (C=O) groups is 1. The molecule has 1 aliphatic rings. The van der Waals surface area contributed by atoms with E-state index in [1.165, 1.54) is 0 Å². The van der Waals surface area contributed by atoms with Crippen molar-refractivity contribution in [1.29, 1.82) is 0 Å². The number of amides is 1. The molecule has 1 heterocycles. The van der Waals surface area contributed by atoms with Crippen molar-refractivity contribution >= 4 is 34.8 Å². The largest absolute Gasteiger partial charge is 0.392 e. The third kappa shape index (κ3) is 5.54. The van der Waals surface area contributed by atoms with E-state index in [4.69, 9.17) is 23.2 Å². The highest BCUT2D eigenvalue weighted by atomic mass is 35.5. The Morgan fingerprint density at radius 2 is 2.07 bits per heavy atom. The van der Waals surface area contributed by atoms with Gasteiger partial charge in [-0.05, 0) is 47.0 Å². The fourth-order valence-corrected chi connectivity index (χ4v) is 3.91. The van der Waals surface area contributed by atoms with Crippen LogP contribution in [0.15, 0.2) is 47.6 Å². The number of β-amino-alcohol motifs (C(OH)–C–C–N with tert-alkyl or cyclic N) is 1. The normalized spacial score (nSPS) is 17.9. The molecule has 3 rings (SSSR count). The molecule has 0 bridgehead atoms. The lowest BCUT2D eigenvalue weighted by atomic mass is 10.0. The van der Waals surface area contributed by atoms with Crippen molar-refractivity contribution in [2.45, 2.75) is 25.0 Å². The van der Waals surface area contributed by atoms with Crippen LogP contribution in [0.5, 0.6) is 0 Å². The summed E-state index contributed by atoms with van der Waals surface area (Å²) >= 11 is 12.0. The van der Waals surface area contributed by atoms with Crippen LogP contribution in [-0.4, -0.2) is 53.6 Å². The summed E-state index contributed by atoms with van der Waals surface area (Å²) in [5.41, 5.74) is 1.92. The van der Waals surface area contributed by atoms with Crippen molar-refractivity contribution < 1.29 is 9.90 Å². The molecule has 0 aliphatic carbocycles. The van der Waals surface area contributed by atoms with E-state index in [1.54, 1.807) is 48.3 Å². The quantitative estimate of drug-likeness (QED) is 0.661. The fraction of sp³-hybridized carbons (Fsp3) is 0.381. The van der Waals surface area contributed by atoms with Crippen molar-refractivity contribution in [3.8, 4) is 0 Å². The van der Waals surface area contributed by atoms with Gasteiger partial charge >= 0.3 is 0 Å². The van der Waals surface area contributed by atoms with Gasteiger partial charge in [0.05, 0.1) is 28.6 Å². The maximum absolute atomic E-state index is 13.0. The smallest absolute Gasteiger partial charge is 0.227 e. The molecule has 8 heteroatoms. The SMILES string of the molecule is CN(C(=O)Cc1ccc(Cl)c(Cl)c1)C(CN1CCC(O)C1)c1cccc(N=O)c1. The van der Waals surface area contributed by atoms with Crippen molar-refractivity contribution in [2.24, 2.45) is 5.18 Å². The number of halogens is 2. The van der Waals surface area contributed by atoms with Crippen LogP contribution in [0.4, 0.5) is 5.69 Å². The Bertz CT molecular complexity index is 893. The van der Waals surface area contributed by atoms with Gasteiger partial charge in [0.15, 0.2) is 0 Å². The van der Waals surface area contributed by atoms with Crippen LogP contribution in [0.2, 0.25) is 10.0 Å². The van der Waals surface area contributed by atoms with E-state index < -0.39 is 0 Å². The Hall–Kier alpha value is -1.99. The molecule has 29 heavy (non-hydrogen) atoms. The van der Waals surface area contributed by atoms with E-state index >= 15 is 0 Å². The number of hydrogen-bond acceptors (Lipinski definition) is 5. The number of hydrogen-bond donors (Lipinski definition) is 1. The van der Waals surface area contributed by atoms with Crippen molar-refractivity contribution in [2.75, 3.05) is 26.7 Å². The van der Waals surface area contributed by atoms with E-state index in [2.05, 4.69) is 10.1 Å². The lowest BCUT2D eigenvalue weighted by molar-refractivity contribution is -0.131. The molecule has 1 N–H and O–H groups in total. The topological polar surface area (TPSA) is 73.2 Å². The number of likely N-dealkylation sites (N-methyl/N-ethyl adjacent to an activating group) is 1. The first-order chi connectivity index (χ1) is 13.9. The molecule has 1 fully saturated rings. The lowest BCUT2D eigenvalue weighted by Gasteiger charge is -2.32. The number of nitrogens with zero attached hydrogens (tertiary/aromatic N) is 3. The van der Waals surface area contributed by atoms with Gasteiger partial charge in [0.2, 0.25) is 5.91 Å². The molecular weight excluding hydrogens is 413 g/mol. The van der Waals surface area contributed by atoms with E-state index in [-0.39, 0.29) is 24.5 Å². The highest BCUT2D eigenvalue weighted by Crippen LogP contribution is 2.28. The summed E-state index contributed by atoms with van der Waals surface area (Å²) < 4.78 is 0. The standard InChI is InChI=1S/C21H23Cl2N3O3/c1-25(21(28)10-14-5-6-18(22)19(23)9-14)20(13-26-8-7-17(27)12-26)15-3-2-4-16(11-15)24-29/h2-6,9,11,17,20,27H,7-8,10,12-13H2,1H3. The monoisotopic (exact) mass is 435 g/mol. The van der Waals surface area contributed by atoms with E-state index in [9.17, 15) is 14.8 Å². The fourth-order valence-electron chi connectivity index (χ4n) is 3.59. The van der Waals surface area contributed by atoms with E-state index in [0.29, 0.717) is 35.2 Å². The van der Waals surface area contributed by atoms with Crippen LogP contribution in [0, 0.1) is 4.91 Å². The number of aliphatic hydroxyl groups excluding tert-OH is 1. The molecular formula is C21H23Cl2N3O3. The number of likely N-dealkylation sites (tertiary alicyclic amines) is 1. The number of carbonyl (C=O) groups excluding carboxylic acids is 1. The van der Waals surface area contributed by atoms with Crippen molar-refractivity contribution in [3.63, 3.8) is 0 Å². The molecule has 2 aromatic carbocycles. The molecule has 2 atom stereocenters. The molecule has 154 valence electrons. The Morgan fingerprint density at radius 1 is 1.28 bits per heavy atom. The summed E-state index contributed by atoms with van der Waals surface area (Å²) in [7, 11) is 1.75. The van der Waals surface area contributed by atoms with Gasteiger partial charge in [-0.2, -0.15) is 0 Å². The molecule has 1 saturated heterocycles. The molecule has 0 aromatic heterocycles. The number of benzene rings is 2. The minimum Gasteiger partial charge on any atom is -0.392 e. The Morgan fingerprint density at radius 3 is 2.72 bits per heavy atom. The van der Waals surface area contributed by atoms with Crippen LogP contribution in [0.1, 0.15) is 23.6 Å². The first-order valence-corrected chi connectivity index (χ1v) is 10.2. The van der Waals surface area contributed by atoms with Gasteiger partial charge in [-0.15, -0.1) is 4.91 Å². The van der Waals surface area contributed by atoms with E-state index in [0.717, 1.165) is 17.7 Å². The predicted molar refractivity (Wildman–Crippen MR) is 115 cm³/mol. The summed E-state index contributed by atoms with van der Waals surface area (Å²) in [4.78, 5) is 27.8. The number of nitroso groups, excluding NO2 is 1. The first-order valence-electron chi connectivity index (χ1n) is 9.40.